The van der Waals surface area contributed by atoms with Gasteiger partial charge in [-0.25, -0.2) is 0 Å². The lowest BCUT2D eigenvalue weighted by Gasteiger charge is -2.09. The number of nitrogens with one attached hydrogen (secondary N) is 1. The molecule has 0 aliphatic heterocycles. The summed E-state index contributed by atoms with van der Waals surface area (Å²) in [6.07, 6.45) is 5.64. The molecule has 0 saturated carbocycles. The molecule has 0 aliphatic carbocycles. The number of hydrogen-bond donors (Lipinski definition) is 1. The zero-order chi connectivity index (χ0) is 13.0. The van der Waals surface area contributed by atoms with Gasteiger partial charge in [-0.05, 0) is 47.8 Å². The second-order valence-corrected chi connectivity index (χ2v) is 5.89. The fourth-order valence-corrected chi connectivity index (χ4v) is 2.23. The standard InChI is InChI=1S/C13H15BrClN3/c1-9(15)3-2-5-16-11-4-6-17-12-7-10(14)8-18-13(11)12/h4,6-9H,2-3,5H2,1H3,(H,16,17). The predicted octanol–water partition coefficient (Wildman–Crippen LogP) is 4.21. The van der Waals surface area contributed by atoms with Crippen LogP contribution in [0.5, 0.6) is 0 Å². The third-order valence-corrected chi connectivity index (χ3v) is 3.29. The van der Waals surface area contributed by atoms with Crippen LogP contribution in [0.3, 0.4) is 0 Å². The van der Waals surface area contributed by atoms with Crippen molar-refractivity contribution in [2.45, 2.75) is 25.1 Å². The van der Waals surface area contributed by atoms with Crippen LogP contribution in [0.4, 0.5) is 5.69 Å². The van der Waals surface area contributed by atoms with Gasteiger partial charge in [-0.1, -0.05) is 0 Å². The highest BCUT2D eigenvalue weighted by molar-refractivity contribution is 9.10. The van der Waals surface area contributed by atoms with Crippen LogP contribution in [-0.4, -0.2) is 21.9 Å². The number of fused-ring (bicyclic) bond motifs is 1. The predicted molar refractivity (Wildman–Crippen MR) is 80.3 cm³/mol. The largest absolute Gasteiger partial charge is 0.383 e. The molecule has 1 unspecified atom stereocenters. The average Bonchev–Trinajstić information content (AvgIpc) is 2.34. The lowest BCUT2D eigenvalue weighted by atomic mass is 10.2. The van der Waals surface area contributed by atoms with E-state index >= 15 is 0 Å². The van der Waals surface area contributed by atoms with Crippen LogP contribution < -0.4 is 5.32 Å². The first kappa shape index (κ1) is 13.6. The normalized spacial score (nSPS) is 12.6. The third-order valence-electron chi connectivity index (χ3n) is 2.64. The number of rotatable bonds is 5. The van der Waals surface area contributed by atoms with Crippen molar-refractivity contribution in [3.8, 4) is 0 Å². The van der Waals surface area contributed by atoms with Crippen molar-refractivity contribution in [3.05, 3.63) is 29.0 Å². The maximum atomic E-state index is 5.92. The van der Waals surface area contributed by atoms with Gasteiger partial charge in [0.2, 0.25) is 0 Å². The molecule has 0 aliphatic rings. The van der Waals surface area contributed by atoms with E-state index in [1.54, 1.807) is 12.4 Å². The van der Waals surface area contributed by atoms with E-state index in [2.05, 4.69) is 31.2 Å². The fourth-order valence-electron chi connectivity index (χ4n) is 1.75. The van der Waals surface area contributed by atoms with Gasteiger partial charge in [0.25, 0.3) is 0 Å². The number of pyridine rings is 2. The molecular formula is C13H15BrClN3. The van der Waals surface area contributed by atoms with Gasteiger partial charge in [0.1, 0.15) is 5.52 Å². The van der Waals surface area contributed by atoms with E-state index < -0.39 is 0 Å². The highest BCUT2D eigenvalue weighted by Gasteiger charge is 2.03. The molecule has 18 heavy (non-hydrogen) atoms. The number of nitrogens with zero attached hydrogens (tertiary/aromatic N) is 2. The quantitative estimate of drug-likeness (QED) is 0.660. The monoisotopic (exact) mass is 327 g/mol. The zero-order valence-electron chi connectivity index (χ0n) is 10.2. The molecule has 1 N–H and O–H groups in total. The average molecular weight is 329 g/mol. The Labute approximate surface area is 120 Å². The lowest BCUT2D eigenvalue weighted by Crippen LogP contribution is -2.05. The summed E-state index contributed by atoms with van der Waals surface area (Å²) in [4.78, 5) is 8.70. The lowest BCUT2D eigenvalue weighted by molar-refractivity contribution is 0.751. The van der Waals surface area contributed by atoms with Crippen LogP contribution in [0.25, 0.3) is 11.0 Å². The molecule has 0 amide bonds. The van der Waals surface area contributed by atoms with Crippen molar-refractivity contribution >= 4 is 44.3 Å². The summed E-state index contributed by atoms with van der Waals surface area (Å²) in [5.74, 6) is 0. The summed E-state index contributed by atoms with van der Waals surface area (Å²) in [6.45, 7) is 2.91. The van der Waals surface area contributed by atoms with Crippen molar-refractivity contribution < 1.29 is 0 Å². The molecule has 0 saturated heterocycles. The summed E-state index contributed by atoms with van der Waals surface area (Å²) >= 11 is 9.32. The summed E-state index contributed by atoms with van der Waals surface area (Å²) in [7, 11) is 0. The number of halogens is 2. The van der Waals surface area contributed by atoms with E-state index in [1.807, 2.05) is 19.1 Å². The van der Waals surface area contributed by atoms with E-state index in [4.69, 9.17) is 11.6 Å². The topological polar surface area (TPSA) is 37.8 Å². The van der Waals surface area contributed by atoms with Gasteiger partial charge < -0.3 is 5.32 Å². The molecule has 2 aromatic heterocycles. The highest BCUT2D eigenvalue weighted by atomic mass is 79.9. The summed E-state index contributed by atoms with van der Waals surface area (Å²) in [6, 6.07) is 3.92. The van der Waals surface area contributed by atoms with Crippen LogP contribution in [0, 0.1) is 0 Å². The Morgan fingerprint density at radius 3 is 3.06 bits per heavy atom. The maximum absolute atomic E-state index is 5.92. The maximum Gasteiger partial charge on any atom is 0.112 e. The van der Waals surface area contributed by atoms with Crippen LogP contribution in [0.1, 0.15) is 19.8 Å². The Kier molecular flexibility index (Phi) is 4.78. The summed E-state index contributed by atoms with van der Waals surface area (Å²) in [5, 5.41) is 3.62. The number of anilines is 1. The zero-order valence-corrected chi connectivity index (χ0v) is 12.5. The van der Waals surface area contributed by atoms with Gasteiger partial charge >= 0.3 is 0 Å². The number of alkyl halides is 1. The smallest absolute Gasteiger partial charge is 0.112 e. The van der Waals surface area contributed by atoms with Gasteiger partial charge in [0.05, 0.1) is 11.2 Å². The van der Waals surface area contributed by atoms with Gasteiger partial charge in [0, 0.05) is 28.8 Å². The molecule has 2 rings (SSSR count). The van der Waals surface area contributed by atoms with E-state index in [9.17, 15) is 0 Å². The minimum Gasteiger partial charge on any atom is -0.383 e. The Balaban J connectivity index is 2.08. The van der Waals surface area contributed by atoms with Crippen molar-refractivity contribution in [1.82, 2.24) is 9.97 Å². The Bertz CT molecular complexity index is 531. The fraction of sp³-hybridized carbons (Fsp3) is 0.385. The van der Waals surface area contributed by atoms with Gasteiger partial charge in [-0.3, -0.25) is 9.97 Å². The van der Waals surface area contributed by atoms with Crippen LogP contribution in [0.15, 0.2) is 29.0 Å². The second kappa shape index (κ2) is 6.34. The van der Waals surface area contributed by atoms with Crippen LogP contribution >= 0.6 is 27.5 Å². The van der Waals surface area contributed by atoms with Gasteiger partial charge in [0.15, 0.2) is 0 Å². The molecule has 2 aromatic rings. The van der Waals surface area contributed by atoms with Gasteiger partial charge in [-0.2, -0.15) is 0 Å². The Hall–Kier alpha value is -0.870. The molecule has 5 heteroatoms. The van der Waals surface area contributed by atoms with Crippen molar-refractivity contribution in [2.24, 2.45) is 0 Å². The van der Waals surface area contributed by atoms with Crippen molar-refractivity contribution in [2.75, 3.05) is 11.9 Å². The molecule has 0 fully saturated rings. The van der Waals surface area contributed by atoms with Crippen LogP contribution in [-0.2, 0) is 0 Å². The van der Waals surface area contributed by atoms with Crippen molar-refractivity contribution in [3.63, 3.8) is 0 Å². The molecule has 0 radical (unpaired) electrons. The molecule has 3 nitrogen and oxygen atoms in total. The van der Waals surface area contributed by atoms with Crippen molar-refractivity contribution in [1.29, 1.82) is 0 Å². The molecule has 96 valence electrons. The molecule has 0 bridgehead atoms. The summed E-state index contributed by atoms with van der Waals surface area (Å²) < 4.78 is 0.940. The van der Waals surface area contributed by atoms with Gasteiger partial charge in [-0.15, -0.1) is 11.6 Å². The first-order valence-electron chi connectivity index (χ1n) is 5.95. The Morgan fingerprint density at radius 1 is 1.44 bits per heavy atom. The third kappa shape index (κ3) is 3.56. The van der Waals surface area contributed by atoms with E-state index in [0.29, 0.717) is 0 Å². The molecule has 0 spiro atoms. The molecule has 0 aromatic carbocycles. The summed E-state index contributed by atoms with van der Waals surface area (Å²) in [5.41, 5.74) is 2.81. The number of aromatic nitrogens is 2. The van der Waals surface area contributed by atoms with E-state index in [1.165, 1.54) is 0 Å². The molecular weight excluding hydrogens is 314 g/mol. The minimum absolute atomic E-state index is 0.232. The Morgan fingerprint density at radius 2 is 2.28 bits per heavy atom. The SMILES string of the molecule is CC(Cl)CCCNc1ccnc2cc(Br)cnc12. The van der Waals surface area contributed by atoms with E-state index in [0.717, 1.165) is 40.6 Å². The second-order valence-electron chi connectivity index (χ2n) is 4.23. The first-order valence-corrected chi connectivity index (χ1v) is 7.18. The molecule has 2 heterocycles. The highest BCUT2D eigenvalue weighted by Crippen LogP contribution is 2.22. The van der Waals surface area contributed by atoms with Crippen LogP contribution in [0.2, 0.25) is 0 Å². The minimum atomic E-state index is 0.232. The van der Waals surface area contributed by atoms with E-state index in [-0.39, 0.29) is 5.38 Å². The first-order chi connectivity index (χ1) is 8.66. The number of hydrogen-bond acceptors (Lipinski definition) is 3. The molecule has 1 atom stereocenters.